The molecule has 0 fully saturated rings. The van der Waals surface area contributed by atoms with Gasteiger partial charge in [-0.2, -0.15) is 21.9 Å². The fourth-order valence-corrected chi connectivity index (χ4v) is 4.78. The standard InChI is InChI=1S/C21H15FN6O3S2/c22-15-10-14(7-5-12(15)11-29)33(30,31)28-21-20(24-16-3-1-2-4-17(16)25-21)23-13-6-8-18-19(9-13)27-32-26-18/h1-10,29H,11H2,(H,23,24)(H,25,28)/p+1. The van der Waals surface area contributed by atoms with Crippen LogP contribution in [0.1, 0.15) is 5.56 Å². The normalized spacial score (nSPS) is 11.7. The number of benzene rings is 3. The summed E-state index contributed by atoms with van der Waals surface area (Å²) in [5, 5.41) is 12.3. The molecule has 12 heteroatoms. The van der Waals surface area contributed by atoms with Gasteiger partial charge in [0.25, 0.3) is 0 Å². The predicted octanol–water partition coefficient (Wildman–Crippen LogP) is 3.23. The Balaban J connectivity index is 1.56. The largest absolute Gasteiger partial charge is 0.392 e. The maximum atomic E-state index is 14.1. The zero-order chi connectivity index (χ0) is 23.0. The second kappa shape index (κ2) is 8.31. The van der Waals surface area contributed by atoms with Gasteiger partial charge in [-0.15, -0.1) is 0 Å². The summed E-state index contributed by atoms with van der Waals surface area (Å²) >= 11 is 1.09. The molecule has 0 saturated carbocycles. The maximum Gasteiger partial charge on any atom is 0.332 e. The number of para-hydroxylation sites is 2. The lowest BCUT2D eigenvalue weighted by molar-refractivity contribution is -0.326. The van der Waals surface area contributed by atoms with E-state index in [4.69, 9.17) is 5.11 Å². The van der Waals surface area contributed by atoms with Crippen molar-refractivity contribution in [2.75, 3.05) is 10.0 Å². The molecule has 33 heavy (non-hydrogen) atoms. The number of anilines is 3. The number of aliphatic hydroxyl groups excluding tert-OH is 1. The average Bonchev–Trinajstić information content (AvgIpc) is 3.27. The van der Waals surface area contributed by atoms with Crippen molar-refractivity contribution in [2.45, 2.75) is 11.5 Å². The highest BCUT2D eigenvalue weighted by Crippen LogP contribution is 2.26. The molecule has 0 bridgehead atoms. The van der Waals surface area contributed by atoms with Crippen LogP contribution in [0.15, 0.2) is 65.6 Å². The van der Waals surface area contributed by atoms with Crippen molar-refractivity contribution in [3.8, 4) is 0 Å². The number of nitrogens with zero attached hydrogens (tertiary/aromatic N) is 3. The first-order valence-corrected chi connectivity index (χ1v) is 11.9. The minimum atomic E-state index is -4.17. The second-order valence-corrected chi connectivity index (χ2v) is 9.30. The van der Waals surface area contributed by atoms with Gasteiger partial charge in [-0.1, -0.05) is 18.2 Å². The highest BCUT2D eigenvalue weighted by molar-refractivity contribution is 7.92. The van der Waals surface area contributed by atoms with Crippen LogP contribution in [-0.2, 0) is 16.6 Å². The number of fused-ring (bicyclic) bond motifs is 2. The molecule has 0 aliphatic rings. The van der Waals surface area contributed by atoms with Gasteiger partial charge in [0.05, 0.1) is 18.3 Å². The molecule has 9 nitrogen and oxygen atoms in total. The number of hydrogen-bond donors (Lipinski definition) is 3. The zero-order valence-electron chi connectivity index (χ0n) is 16.8. The summed E-state index contributed by atoms with van der Waals surface area (Å²) in [5.74, 6) is -0.534. The summed E-state index contributed by atoms with van der Waals surface area (Å²) < 4.78 is 50.9. The maximum absolute atomic E-state index is 14.1. The number of nitrogens with one attached hydrogen (secondary N) is 3. The summed E-state index contributed by atoms with van der Waals surface area (Å²) in [6, 6.07) is 15.8. The summed E-state index contributed by atoms with van der Waals surface area (Å²) in [6.45, 7) is -0.533. The van der Waals surface area contributed by atoms with Crippen molar-refractivity contribution in [1.82, 2.24) is 13.7 Å². The monoisotopic (exact) mass is 483 g/mol. The molecule has 4 N–H and O–H groups in total. The lowest BCUT2D eigenvalue weighted by atomic mass is 10.2. The summed E-state index contributed by atoms with van der Waals surface area (Å²) in [5.41, 5.74) is 3.28. The van der Waals surface area contributed by atoms with E-state index in [2.05, 4.69) is 28.8 Å². The Hall–Kier alpha value is -3.74. The molecule has 3 aromatic carbocycles. The number of H-pyrrole nitrogens is 1. The number of hydrogen-bond acceptors (Lipinski definition) is 8. The van der Waals surface area contributed by atoms with E-state index in [-0.39, 0.29) is 22.1 Å². The van der Waals surface area contributed by atoms with Gasteiger partial charge in [-0.05, 0) is 42.5 Å². The van der Waals surface area contributed by atoms with Gasteiger partial charge in [0, 0.05) is 11.3 Å². The van der Waals surface area contributed by atoms with Gasteiger partial charge >= 0.3 is 15.8 Å². The van der Waals surface area contributed by atoms with Crippen LogP contribution < -0.4 is 15.0 Å². The van der Waals surface area contributed by atoms with Crippen molar-refractivity contribution in [3.63, 3.8) is 0 Å². The first-order valence-electron chi connectivity index (χ1n) is 9.66. The van der Waals surface area contributed by atoms with E-state index in [1.54, 1.807) is 36.4 Å². The quantitative estimate of drug-likeness (QED) is 0.338. The molecule has 0 atom stereocenters. The molecule has 0 aliphatic heterocycles. The molecular formula is C21H16FN6O3S2+. The van der Waals surface area contributed by atoms with Crippen molar-refractivity contribution >= 4 is 61.1 Å². The lowest BCUT2D eigenvalue weighted by Crippen LogP contribution is -2.23. The van der Waals surface area contributed by atoms with Crippen LogP contribution in [0, 0.1) is 5.82 Å². The van der Waals surface area contributed by atoms with E-state index in [1.807, 2.05) is 6.07 Å². The van der Waals surface area contributed by atoms with Gasteiger partial charge in [0.2, 0.25) is 5.82 Å². The van der Waals surface area contributed by atoms with Crippen LogP contribution in [0.5, 0.6) is 0 Å². The van der Waals surface area contributed by atoms with Crippen LogP contribution in [0.4, 0.5) is 21.7 Å². The first-order chi connectivity index (χ1) is 15.9. The van der Waals surface area contributed by atoms with E-state index in [0.717, 1.165) is 23.3 Å². The summed E-state index contributed by atoms with van der Waals surface area (Å²) in [7, 11) is -4.17. The van der Waals surface area contributed by atoms with Crippen LogP contribution in [0.2, 0.25) is 0 Å². The molecule has 166 valence electrons. The number of aliphatic hydroxyl groups is 1. The Bertz CT molecular complexity index is 1610. The number of halogens is 1. The number of rotatable bonds is 6. The number of aromatic nitrogens is 4. The van der Waals surface area contributed by atoms with E-state index >= 15 is 0 Å². The second-order valence-electron chi connectivity index (χ2n) is 7.09. The smallest absolute Gasteiger partial charge is 0.332 e. The molecule has 2 heterocycles. The third-order valence-corrected chi connectivity index (χ3v) is 6.79. The molecule has 0 saturated heterocycles. The number of aromatic amines is 1. The van der Waals surface area contributed by atoms with Crippen molar-refractivity contribution < 1.29 is 22.9 Å². The van der Waals surface area contributed by atoms with E-state index in [1.165, 1.54) is 12.1 Å². The van der Waals surface area contributed by atoms with Gasteiger partial charge in [0.1, 0.15) is 27.3 Å². The molecule has 0 amide bonds. The lowest BCUT2D eigenvalue weighted by Gasteiger charge is -2.10. The minimum Gasteiger partial charge on any atom is -0.392 e. The van der Waals surface area contributed by atoms with Crippen molar-refractivity contribution in [3.05, 3.63) is 72.0 Å². The Morgan fingerprint density at radius 1 is 1.00 bits per heavy atom. The van der Waals surface area contributed by atoms with Crippen LogP contribution in [-0.4, -0.2) is 27.3 Å². The molecule has 0 radical (unpaired) electrons. The van der Waals surface area contributed by atoms with Crippen LogP contribution in [0.3, 0.4) is 0 Å². The molecule has 0 aliphatic carbocycles. The van der Waals surface area contributed by atoms with Gasteiger partial charge in [-0.25, -0.2) is 14.4 Å². The molecule has 0 spiro atoms. The third kappa shape index (κ3) is 4.18. The van der Waals surface area contributed by atoms with Gasteiger partial charge in [0.15, 0.2) is 5.52 Å². The fourth-order valence-electron chi connectivity index (χ4n) is 3.22. The zero-order valence-corrected chi connectivity index (χ0v) is 18.4. The molecule has 5 rings (SSSR count). The Morgan fingerprint density at radius 3 is 2.64 bits per heavy atom. The summed E-state index contributed by atoms with van der Waals surface area (Å²) in [6.07, 6.45) is 0. The van der Waals surface area contributed by atoms with Crippen LogP contribution in [0.25, 0.3) is 22.1 Å². The van der Waals surface area contributed by atoms with Gasteiger partial charge in [-0.3, -0.25) is 0 Å². The minimum absolute atomic E-state index is 0.00200. The highest BCUT2D eigenvalue weighted by atomic mass is 32.2. The Kier molecular flexibility index (Phi) is 5.32. The van der Waals surface area contributed by atoms with Crippen LogP contribution >= 0.6 is 11.7 Å². The Morgan fingerprint density at radius 2 is 1.82 bits per heavy atom. The summed E-state index contributed by atoms with van der Waals surface area (Å²) in [4.78, 5) is 7.30. The van der Waals surface area contributed by atoms with Gasteiger partial charge < -0.3 is 10.4 Å². The molecule has 0 unspecified atom stereocenters. The highest BCUT2D eigenvalue weighted by Gasteiger charge is 2.26. The predicted molar refractivity (Wildman–Crippen MR) is 122 cm³/mol. The SMILES string of the molecule is O=S(=O)(Nc1[nH+]c2ccccc2nc1Nc1ccc2nsnc2c1)c1ccc(CO)c(F)c1. The van der Waals surface area contributed by atoms with E-state index in [9.17, 15) is 12.8 Å². The van der Waals surface area contributed by atoms with Crippen molar-refractivity contribution in [2.24, 2.45) is 0 Å². The topological polar surface area (TPSA) is 131 Å². The molecule has 2 aromatic heterocycles. The van der Waals surface area contributed by atoms with E-state index < -0.39 is 22.4 Å². The Labute approximate surface area is 191 Å². The van der Waals surface area contributed by atoms with Crippen molar-refractivity contribution in [1.29, 1.82) is 0 Å². The molecule has 5 aromatic rings. The fraction of sp³-hybridized carbons (Fsp3) is 0.0476. The number of sulfonamides is 1. The average molecular weight is 484 g/mol. The van der Waals surface area contributed by atoms with E-state index in [0.29, 0.717) is 22.2 Å². The first kappa shape index (κ1) is 21.1. The third-order valence-electron chi connectivity index (χ3n) is 4.89. The molecular weight excluding hydrogens is 467 g/mol.